The van der Waals surface area contributed by atoms with Gasteiger partial charge in [-0.25, -0.2) is 0 Å². The minimum absolute atomic E-state index is 0.116. The van der Waals surface area contributed by atoms with E-state index in [1.165, 1.54) is 5.56 Å². The van der Waals surface area contributed by atoms with Gasteiger partial charge in [0.25, 0.3) is 0 Å². The molecule has 0 saturated heterocycles. The molecule has 0 N–H and O–H groups in total. The summed E-state index contributed by atoms with van der Waals surface area (Å²) in [6.07, 6.45) is 6.81. The second-order valence-electron chi connectivity index (χ2n) is 6.56. The van der Waals surface area contributed by atoms with Crippen molar-refractivity contribution in [2.24, 2.45) is 5.92 Å². The van der Waals surface area contributed by atoms with Gasteiger partial charge >= 0.3 is 0 Å². The van der Waals surface area contributed by atoms with Gasteiger partial charge in [0.2, 0.25) is 5.91 Å². The van der Waals surface area contributed by atoms with Gasteiger partial charge in [-0.05, 0) is 54.5 Å². The highest BCUT2D eigenvalue weighted by Crippen LogP contribution is 2.50. The van der Waals surface area contributed by atoms with Crippen molar-refractivity contribution in [2.75, 3.05) is 0 Å². The average molecular weight is 327 g/mol. The quantitative estimate of drug-likeness (QED) is 0.831. The molecule has 2 saturated carbocycles. The molecule has 4 rings (SSSR count). The molecule has 0 aliphatic heterocycles. The number of pyridine rings is 1. The monoisotopic (exact) mass is 326 g/mol. The zero-order valence-corrected chi connectivity index (χ0v) is 13.6. The molecule has 2 aliphatic carbocycles. The molecule has 2 aliphatic rings. The molecular weight excluding hydrogens is 308 g/mol. The maximum absolute atomic E-state index is 12.9. The summed E-state index contributed by atoms with van der Waals surface area (Å²) in [7, 11) is 0. The van der Waals surface area contributed by atoms with Gasteiger partial charge in [0.1, 0.15) is 0 Å². The van der Waals surface area contributed by atoms with Crippen molar-refractivity contribution in [1.29, 1.82) is 0 Å². The Morgan fingerprint density at radius 2 is 2.13 bits per heavy atom. The molecule has 0 spiro atoms. The van der Waals surface area contributed by atoms with E-state index in [1.807, 2.05) is 36.5 Å². The van der Waals surface area contributed by atoms with Gasteiger partial charge in [0, 0.05) is 35.9 Å². The summed E-state index contributed by atoms with van der Waals surface area (Å²) >= 11 is 6.07. The maximum Gasteiger partial charge on any atom is 0.226 e. The van der Waals surface area contributed by atoms with Crippen LogP contribution < -0.4 is 0 Å². The van der Waals surface area contributed by atoms with Crippen LogP contribution in [-0.2, 0) is 11.3 Å². The molecule has 2 unspecified atom stereocenters. The number of benzene rings is 1. The van der Waals surface area contributed by atoms with E-state index in [1.54, 1.807) is 6.20 Å². The molecular formula is C19H19ClN2O. The zero-order valence-electron chi connectivity index (χ0n) is 12.9. The Kier molecular flexibility index (Phi) is 3.82. The van der Waals surface area contributed by atoms with Crippen LogP contribution in [0.2, 0.25) is 5.02 Å². The van der Waals surface area contributed by atoms with E-state index in [2.05, 4.69) is 16.0 Å². The number of carbonyl (C=O) groups excluding carboxylic acids is 1. The predicted molar refractivity (Wildman–Crippen MR) is 90.1 cm³/mol. The fraction of sp³-hybridized carbons (Fsp3) is 0.368. The standard InChI is InChI=1S/C19H19ClN2O/c20-15-5-1-4-14(9-15)17-10-18(17)19(23)22(16-6-7-16)12-13-3-2-8-21-11-13/h1-5,8-9,11,16-18H,6-7,10,12H2. The fourth-order valence-electron chi connectivity index (χ4n) is 3.25. The van der Waals surface area contributed by atoms with Crippen molar-refractivity contribution < 1.29 is 4.79 Å². The Balaban J connectivity index is 1.47. The predicted octanol–water partition coefficient (Wildman–Crippen LogP) is 4.03. The van der Waals surface area contributed by atoms with E-state index in [-0.39, 0.29) is 5.92 Å². The zero-order chi connectivity index (χ0) is 15.8. The number of hydrogen-bond donors (Lipinski definition) is 0. The summed E-state index contributed by atoms with van der Waals surface area (Å²) in [5.41, 5.74) is 2.29. The van der Waals surface area contributed by atoms with Crippen molar-refractivity contribution in [3.05, 3.63) is 64.9 Å². The van der Waals surface area contributed by atoms with Crippen molar-refractivity contribution in [1.82, 2.24) is 9.88 Å². The molecule has 23 heavy (non-hydrogen) atoms. The van der Waals surface area contributed by atoms with Gasteiger partial charge in [-0.1, -0.05) is 29.8 Å². The molecule has 2 atom stereocenters. The lowest BCUT2D eigenvalue weighted by molar-refractivity contribution is -0.133. The second kappa shape index (κ2) is 5.97. The number of aromatic nitrogens is 1. The molecule has 2 aromatic rings. The highest BCUT2D eigenvalue weighted by molar-refractivity contribution is 6.30. The first-order valence-electron chi connectivity index (χ1n) is 8.17. The third kappa shape index (κ3) is 3.25. The number of hydrogen-bond acceptors (Lipinski definition) is 2. The molecule has 118 valence electrons. The number of halogens is 1. The molecule has 1 amide bonds. The van der Waals surface area contributed by atoms with Crippen molar-refractivity contribution in [3.8, 4) is 0 Å². The first kappa shape index (κ1) is 14.7. The molecule has 2 fully saturated rings. The summed E-state index contributed by atoms with van der Waals surface area (Å²) < 4.78 is 0. The number of carbonyl (C=O) groups is 1. The van der Waals surface area contributed by atoms with Crippen LogP contribution in [0.3, 0.4) is 0 Å². The lowest BCUT2D eigenvalue weighted by Crippen LogP contribution is -2.34. The average Bonchev–Trinajstić information content (AvgIpc) is 3.47. The molecule has 3 nitrogen and oxygen atoms in total. The number of rotatable bonds is 5. The van der Waals surface area contributed by atoms with Gasteiger partial charge in [-0.2, -0.15) is 0 Å². The smallest absolute Gasteiger partial charge is 0.226 e. The maximum atomic E-state index is 12.9. The first-order valence-corrected chi connectivity index (χ1v) is 8.55. The van der Waals surface area contributed by atoms with Crippen LogP contribution in [0.25, 0.3) is 0 Å². The molecule has 1 aromatic carbocycles. The Morgan fingerprint density at radius 3 is 2.83 bits per heavy atom. The van der Waals surface area contributed by atoms with E-state index in [9.17, 15) is 4.79 Å². The van der Waals surface area contributed by atoms with Gasteiger partial charge in [0.15, 0.2) is 0 Å². The van der Waals surface area contributed by atoms with Gasteiger partial charge in [0.05, 0.1) is 0 Å². The lowest BCUT2D eigenvalue weighted by atomic mass is 10.1. The molecule has 0 bridgehead atoms. The Hall–Kier alpha value is -1.87. The van der Waals surface area contributed by atoms with Gasteiger partial charge in [-0.3, -0.25) is 9.78 Å². The second-order valence-corrected chi connectivity index (χ2v) is 7.00. The summed E-state index contributed by atoms with van der Waals surface area (Å²) in [5, 5.41) is 0.745. The van der Waals surface area contributed by atoms with E-state index in [0.717, 1.165) is 29.8 Å². The van der Waals surface area contributed by atoms with Gasteiger partial charge in [-0.15, -0.1) is 0 Å². The molecule has 4 heteroatoms. The van der Waals surface area contributed by atoms with E-state index >= 15 is 0 Å². The van der Waals surface area contributed by atoms with Crippen LogP contribution in [0.15, 0.2) is 48.8 Å². The van der Waals surface area contributed by atoms with Crippen LogP contribution in [0, 0.1) is 5.92 Å². The number of nitrogens with zero attached hydrogens (tertiary/aromatic N) is 2. The van der Waals surface area contributed by atoms with Crippen LogP contribution in [0.5, 0.6) is 0 Å². The summed E-state index contributed by atoms with van der Waals surface area (Å²) in [5.74, 6) is 0.739. The largest absolute Gasteiger partial charge is 0.335 e. The van der Waals surface area contributed by atoms with Crippen molar-refractivity contribution >= 4 is 17.5 Å². The molecule has 0 radical (unpaired) electrons. The summed E-state index contributed by atoms with van der Waals surface area (Å²) in [6, 6.07) is 12.3. The van der Waals surface area contributed by atoms with Crippen LogP contribution >= 0.6 is 11.6 Å². The molecule has 1 aromatic heterocycles. The SMILES string of the molecule is O=C(C1CC1c1cccc(Cl)c1)N(Cc1cccnc1)C1CC1. The minimum Gasteiger partial charge on any atom is -0.335 e. The highest BCUT2D eigenvalue weighted by atomic mass is 35.5. The molecule has 1 heterocycles. The first-order chi connectivity index (χ1) is 11.2. The summed E-state index contributed by atoms with van der Waals surface area (Å²) in [6.45, 7) is 0.677. The normalized spacial score (nSPS) is 22.7. The van der Waals surface area contributed by atoms with Crippen LogP contribution in [0.1, 0.15) is 36.3 Å². The van der Waals surface area contributed by atoms with Crippen molar-refractivity contribution in [2.45, 2.75) is 37.8 Å². The van der Waals surface area contributed by atoms with E-state index in [0.29, 0.717) is 24.4 Å². The Bertz CT molecular complexity index is 714. The highest BCUT2D eigenvalue weighted by Gasteiger charge is 2.48. The van der Waals surface area contributed by atoms with Gasteiger partial charge < -0.3 is 4.90 Å². The lowest BCUT2D eigenvalue weighted by Gasteiger charge is -2.22. The van der Waals surface area contributed by atoms with Crippen LogP contribution in [0.4, 0.5) is 0 Å². The Morgan fingerprint density at radius 1 is 1.26 bits per heavy atom. The third-order valence-electron chi connectivity index (χ3n) is 4.73. The Labute approximate surface area is 141 Å². The van der Waals surface area contributed by atoms with E-state index < -0.39 is 0 Å². The topological polar surface area (TPSA) is 33.2 Å². The van der Waals surface area contributed by atoms with Crippen LogP contribution in [-0.4, -0.2) is 21.8 Å². The number of amides is 1. The third-order valence-corrected chi connectivity index (χ3v) is 4.97. The minimum atomic E-state index is 0.116. The summed E-state index contributed by atoms with van der Waals surface area (Å²) in [4.78, 5) is 19.2. The van der Waals surface area contributed by atoms with E-state index in [4.69, 9.17) is 11.6 Å². The van der Waals surface area contributed by atoms with Crippen molar-refractivity contribution in [3.63, 3.8) is 0 Å². The fourth-order valence-corrected chi connectivity index (χ4v) is 3.45.